The lowest BCUT2D eigenvalue weighted by molar-refractivity contribution is 0.165. The highest BCUT2D eigenvalue weighted by molar-refractivity contribution is 5.22. The molecule has 0 amide bonds. The van der Waals surface area contributed by atoms with Gasteiger partial charge in [0.25, 0.3) is 0 Å². The van der Waals surface area contributed by atoms with Gasteiger partial charge in [-0.1, -0.05) is 45.0 Å². The van der Waals surface area contributed by atoms with E-state index in [1.165, 1.54) is 17.5 Å². The van der Waals surface area contributed by atoms with E-state index in [2.05, 4.69) is 45.0 Å². The summed E-state index contributed by atoms with van der Waals surface area (Å²) < 4.78 is 5.20. The summed E-state index contributed by atoms with van der Waals surface area (Å²) >= 11 is 0. The highest BCUT2D eigenvalue weighted by atomic mass is 16.5. The van der Waals surface area contributed by atoms with E-state index in [0.717, 1.165) is 31.3 Å². The second-order valence-electron chi connectivity index (χ2n) is 5.16. The third-order valence-electron chi connectivity index (χ3n) is 3.56. The summed E-state index contributed by atoms with van der Waals surface area (Å²) in [6.45, 7) is 7.68. The monoisotopic (exact) mass is 234 g/mol. The molecule has 0 aromatic heterocycles. The van der Waals surface area contributed by atoms with Gasteiger partial charge in [-0.25, -0.2) is 0 Å². The molecule has 0 saturated heterocycles. The van der Waals surface area contributed by atoms with Crippen molar-refractivity contribution in [1.29, 1.82) is 0 Å². The van der Waals surface area contributed by atoms with Crippen molar-refractivity contribution in [2.24, 2.45) is 11.8 Å². The summed E-state index contributed by atoms with van der Waals surface area (Å²) in [6.07, 6.45) is 3.45. The molecular weight excluding hydrogens is 208 g/mol. The van der Waals surface area contributed by atoms with Crippen molar-refractivity contribution >= 4 is 0 Å². The number of benzene rings is 1. The second-order valence-corrected chi connectivity index (χ2v) is 5.16. The van der Waals surface area contributed by atoms with Crippen molar-refractivity contribution in [2.75, 3.05) is 13.7 Å². The lowest BCUT2D eigenvalue weighted by Crippen LogP contribution is -2.14. The normalized spacial score (nSPS) is 13.0. The zero-order valence-corrected chi connectivity index (χ0v) is 11.7. The van der Waals surface area contributed by atoms with Crippen LogP contribution in [-0.4, -0.2) is 13.7 Å². The van der Waals surface area contributed by atoms with Gasteiger partial charge in [-0.2, -0.15) is 0 Å². The van der Waals surface area contributed by atoms with Crippen LogP contribution in [0.25, 0.3) is 0 Å². The molecule has 0 saturated carbocycles. The van der Waals surface area contributed by atoms with Gasteiger partial charge in [-0.15, -0.1) is 0 Å². The summed E-state index contributed by atoms with van der Waals surface area (Å²) in [5, 5.41) is 0. The molecule has 1 aromatic rings. The minimum absolute atomic E-state index is 0.719. The largest absolute Gasteiger partial charge is 0.385 e. The highest BCUT2D eigenvalue weighted by Gasteiger charge is 2.13. The molecule has 1 heteroatoms. The maximum absolute atomic E-state index is 5.20. The van der Waals surface area contributed by atoms with E-state index in [1.807, 2.05) is 0 Å². The first-order chi connectivity index (χ1) is 8.17. The van der Waals surface area contributed by atoms with Gasteiger partial charge in [-0.05, 0) is 42.2 Å². The maximum Gasteiger partial charge on any atom is 0.0465 e. The van der Waals surface area contributed by atoms with Crippen molar-refractivity contribution in [1.82, 2.24) is 0 Å². The number of hydrogen-bond donors (Lipinski definition) is 0. The molecule has 0 radical (unpaired) electrons. The molecule has 96 valence electrons. The zero-order valence-electron chi connectivity index (χ0n) is 11.7. The number of methoxy groups -OCH3 is 1. The quantitative estimate of drug-likeness (QED) is 0.690. The van der Waals surface area contributed by atoms with E-state index < -0.39 is 0 Å². The van der Waals surface area contributed by atoms with E-state index in [4.69, 9.17) is 4.74 Å². The van der Waals surface area contributed by atoms with E-state index in [9.17, 15) is 0 Å². The molecule has 0 N–H and O–H groups in total. The van der Waals surface area contributed by atoms with Gasteiger partial charge < -0.3 is 4.74 Å². The third kappa shape index (κ3) is 4.91. The van der Waals surface area contributed by atoms with Gasteiger partial charge in [0.1, 0.15) is 0 Å². The molecular formula is C16H26O. The fraction of sp³-hybridized carbons (Fsp3) is 0.625. The lowest BCUT2D eigenvalue weighted by atomic mass is 9.86. The van der Waals surface area contributed by atoms with E-state index in [1.54, 1.807) is 7.11 Å². The fourth-order valence-corrected chi connectivity index (χ4v) is 2.15. The summed E-state index contributed by atoms with van der Waals surface area (Å²) in [5.74, 6) is 1.44. The minimum atomic E-state index is 0.719. The summed E-state index contributed by atoms with van der Waals surface area (Å²) in [5.41, 5.74) is 2.88. The van der Waals surface area contributed by atoms with Crippen LogP contribution < -0.4 is 0 Å². The fourth-order valence-electron chi connectivity index (χ4n) is 2.15. The molecule has 0 aliphatic heterocycles. The summed E-state index contributed by atoms with van der Waals surface area (Å²) in [7, 11) is 1.79. The Balaban J connectivity index is 2.58. The van der Waals surface area contributed by atoms with E-state index in [0.29, 0.717) is 0 Å². The van der Waals surface area contributed by atoms with Gasteiger partial charge in [0.2, 0.25) is 0 Å². The molecule has 17 heavy (non-hydrogen) atoms. The zero-order chi connectivity index (χ0) is 12.7. The van der Waals surface area contributed by atoms with Crippen molar-refractivity contribution in [3.8, 4) is 0 Å². The molecule has 0 bridgehead atoms. The molecule has 1 atom stereocenters. The van der Waals surface area contributed by atoms with Gasteiger partial charge in [0.05, 0.1) is 0 Å². The first-order valence-corrected chi connectivity index (χ1v) is 6.74. The molecule has 0 aliphatic carbocycles. The standard InChI is InChI=1S/C16H26O/c1-5-14-6-8-15(9-7-14)12-16(13(2)3)10-11-17-4/h6-9,13,16H,5,10-12H2,1-4H3. The van der Waals surface area contributed by atoms with Gasteiger partial charge in [0, 0.05) is 13.7 Å². The van der Waals surface area contributed by atoms with E-state index >= 15 is 0 Å². The number of hydrogen-bond acceptors (Lipinski definition) is 1. The van der Waals surface area contributed by atoms with Crippen LogP contribution >= 0.6 is 0 Å². The van der Waals surface area contributed by atoms with Crippen LogP contribution in [0, 0.1) is 11.8 Å². The topological polar surface area (TPSA) is 9.23 Å². The van der Waals surface area contributed by atoms with Crippen LogP contribution in [0.3, 0.4) is 0 Å². The number of aryl methyl sites for hydroxylation is 1. The molecule has 1 rings (SSSR count). The van der Waals surface area contributed by atoms with Crippen molar-refractivity contribution in [3.05, 3.63) is 35.4 Å². The Morgan fingerprint density at radius 3 is 2.12 bits per heavy atom. The predicted molar refractivity (Wildman–Crippen MR) is 74.3 cm³/mol. The van der Waals surface area contributed by atoms with Crippen molar-refractivity contribution in [2.45, 2.75) is 40.0 Å². The first-order valence-electron chi connectivity index (χ1n) is 6.74. The second kappa shape index (κ2) is 7.50. The first kappa shape index (κ1) is 14.2. The number of rotatable bonds is 7. The molecule has 0 spiro atoms. The molecule has 1 unspecified atom stereocenters. The van der Waals surface area contributed by atoms with Gasteiger partial charge in [-0.3, -0.25) is 0 Å². The van der Waals surface area contributed by atoms with Crippen LogP contribution in [0.4, 0.5) is 0 Å². The van der Waals surface area contributed by atoms with Crippen molar-refractivity contribution < 1.29 is 4.74 Å². The Hall–Kier alpha value is -0.820. The Bertz CT molecular complexity index is 300. The van der Waals surface area contributed by atoms with Crippen LogP contribution in [0.2, 0.25) is 0 Å². The third-order valence-corrected chi connectivity index (χ3v) is 3.56. The summed E-state index contributed by atoms with van der Waals surface area (Å²) in [6, 6.07) is 9.06. The van der Waals surface area contributed by atoms with Gasteiger partial charge >= 0.3 is 0 Å². The number of ether oxygens (including phenoxy) is 1. The predicted octanol–water partition coefficient (Wildman–Crippen LogP) is 4.10. The van der Waals surface area contributed by atoms with E-state index in [-0.39, 0.29) is 0 Å². The maximum atomic E-state index is 5.20. The van der Waals surface area contributed by atoms with Crippen LogP contribution in [0.5, 0.6) is 0 Å². The SMILES string of the molecule is CCc1ccc(CC(CCOC)C(C)C)cc1. The average Bonchev–Trinajstić information content (AvgIpc) is 2.35. The molecule has 0 fully saturated rings. The van der Waals surface area contributed by atoms with Crippen LogP contribution in [-0.2, 0) is 17.6 Å². The van der Waals surface area contributed by atoms with Gasteiger partial charge in [0.15, 0.2) is 0 Å². The summed E-state index contributed by atoms with van der Waals surface area (Å²) in [4.78, 5) is 0. The molecule has 0 aliphatic rings. The van der Waals surface area contributed by atoms with Crippen molar-refractivity contribution in [3.63, 3.8) is 0 Å². The van der Waals surface area contributed by atoms with Crippen LogP contribution in [0.15, 0.2) is 24.3 Å². The highest BCUT2D eigenvalue weighted by Crippen LogP contribution is 2.21. The Morgan fingerprint density at radius 2 is 1.65 bits per heavy atom. The smallest absolute Gasteiger partial charge is 0.0465 e. The Labute approximate surface area is 106 Å². The Kier molecular flexibility index (Phi) is 6.28. The average molecular weight is 234 g/mol. The molecule has 1 aromatic carbocycles. The minimum Gasteiger partial charge on any atom is -0.385 e. The lowest BCUT2D eigenvalue weighted by Gasteiger charge is -2.20. The molecule has 1 nitrogen and oxygen atoms in total. The Morgan fingerprint density at radius 1 is 1.06 bits per heavy atom. The molecule has 0 heterocycles. The van der Waals surface area contributed by atoms with Crippen LogP contribution in [0.1, 0.15) is 38.3 Å².